The monoisotopic (exact) mass is 411 g/mol. The van der Waals surface area contributed by atoms with Gasteiger partial charge in [0.05, 0.1) is 5.56 Å². The summed E-state index contributed by atoms with van der Waals surface area (Å²) in [6.45, 7) is 3.40. The molecule has 1 aromatic carbocycles. The molecular formula is C14H16Cl3N3O3S. The van der Waals surface area contributed by atoms with Crippen LogP contribution >= 0.6 is 47.0 Å². The van der Waals surface area contributed by atoms with Crippen LogP contribution in [0.2, 0.25) is 0 Å². The molecule has 6 nitrogen and oxygen atoms in total. The lowest BCUT2D eigenvalue weighted by atomic mass is 10.2. The number of hydrogen-bond donors (Lipinski definition) is 4. The van der Waals surface area contributed by atoms with Gasteiger partial charge in [0, 0.05) is 11.6 Å². The molecule has 0 bridgehead atoms. The van der Waals surface area contributed by atoms with Crippen molar-refractivity contribution < 1.29 is 14.7 Å². The summed E-state index contributed by atoms with van der Waals surface area (Å²) in [6, 6.07) is 5.91. The van der Waals surface area contributed by atoms with Gasteiger partial charge in [-0.15, -0.1) is 0 Å². The zero-order valence-electron chi connectivity index (χ0n) is 12.8. The molecule has 0 spiro atoms. The lowest BCUT2D eigenvalue weighted by Crippen LogP contribution is -2.56. The third kappa shape index (κ3) is 6.68. The van der Waals surface area contributed by atoms with Crippen LogP contribution in [0.4, 0.5) is 5.69 Å². The van der Waals surface area contributed by atoms with Crippen LogP contribution in [0.15, 0.2) is 24.3 Å². The zero-order valence-corrected chi connectivity index (χ0v) is 15.9. The Hall–Kier alpha value is -1.28. The fourth-order valence-electron chi connectivity index (χ4n) is 1.50. The van der Waals surface area contributed by atoms with Crippen molar-refractivity contribution >= 4 is 69.7 Å². The highest BCUT2D eigenvalue weighted by Gasteiger charge is 2.35. The molecule has 0 fully saturated rings. The van der Waals surface area contributed by atoms with Crippen LogP contribution in [0.1, 0.15) is 24.2 Å². The van der Waals surface area contributed by atoms with E-state index in [0.717, 1.165) is 0 Å². The molecule has 0 unspecified atom stereocenters. The molecule has 10 heteroatoms. The smallest absolute Gasteiger partial charge is 0.335 e. The van der Waals surface area contributed by atoms with Gasteiger partial charge >= 0.3 is 5.97 Å². The van der Waals surface area contributed by atoms with Crippen molar-refractivity contribution in [2.45, 2.75) is 23.8 Å². The molecule has 1 amide bonds. The van der Waals surface area contributed by atoms with E-state index in [9.17, 15) is 9.59 Å². The number of hydrogen-bond acceptors (Lipinski definition) is 3. The molecule has 0 radical (unpaired) electrons. The van der Waals surface area contributed by atoms with E-state index in [1.54, 1.807) is 13.8 Å². The summed E-state index contributed by atoms with van der Waals surface area (Å²) < 4.78 is -1.83. The third-order valence-electron chi connectivity index (χ3n) is 2.80. The highest BCUT2D eigenvalue weighted by Crippen LogP contribution is 2.29. The Balaban J connectivity index is 2.74. The molecule has 1 aromatic rings. The average molecular weight is 413 g/mol. The topological polar surface area (TPSA) is 90.5 Å². The summed E-state index contributed by atoms with van der Waals surface area (Å²) in [6.07, 6.45) is -1.05. The number of benzene rings is 1. The van der Waals surface area contributed by atoms with Crippen molar-refractivity contribution in [2.75, 3.05) is 5.32 Å². The highest BCUT2D eigenvalue weighted by atomic mass is 35.6. The second-order valence-corrected chi connectivity index (χ2v) is 7.90. The number of anilines is 1. The van der Waals surface area contributed by atoms with E-state index >= 15 is 0 Å². The lowest BCUT2D eigenvalue weighted by Gasteiger charge is -2.28. The maximum atomic E-state index is 11.8. The van der Waals surface area contributed by atoms with Crippen LogP contribution in [-0.4, -0.2) is 32.1 Å². The fraction of sp³-hybridized carbons (Fsp3) is 0.357. The van der Waals surface area contributed by atoms with Gasteiger partial charge in [-0.25, -0.2) is 4.79 Å². The predicted molar refractivity (Wildman–Crippen MR) is 99.8 cm³/mol. The number of carbonyl (C=O) groups is 2. The summed E-state index contributed by atoms with van der Waals surface area (Å²) in [5.74, 6) is -1.64. The number of thiocarbonyl (C=S) groups is 1. The Morgan fingerprint density at radius 3 is 2.08 bits per heavy atom. The van der Waals surface area contributed by atoms with Crippen molar-refractivity contribution in [3.63, 3.8) is 0 Å². The largest absolute Gasteiger partial charge is 0.478 e. The maximum absolute atomic E-state index is 11.8. The summed E-state index contributed by atoms with van der Waals surface area (Å²) in [7, 11) is 0. The van der Waals surface area contributed by atoms with Crippen LogP contribution < -0.4 is 16.0 Å². The average Bonchev–Trinajstić information content (AvgIpc) is 2.45. The Bertz CT molecular complexity index is 618. The quantitative estimate of drug-likeness (QED) is 0.337. The van der Waals surface area contributed by atoms with E-state index in [1.807, 2.05) is 0 Å². The first kappa shape index (κ1) is 20.8. The standard InChI is InChI=1S/C14H16Cl3N3O3S/c1-7(2)10(21)19-12(14(15,16)17)20-13(24)18-9-5-3-8(4-6-9)11(22)23/h3-7,12H,1-2H3,(H,19,21)(H,22,23)(H2,18,20,24)/t12-/m1/s1. The van der Waals surface area contributed by atoms with E-state index in [-0.39, 0.29) is 22.5 Å². The molecule has 0 saturated carbocycles. The maximum Gasteiger partial charge on any atom is 0.335 e. The molecule has 4 N–H and O–H groups in total. The number of nitrogens with one attached hydrogen (secondary N) is 3. The van der Waals surface area contributed by atoms with Gasteiger partial charge in [-0.2, -0.15) is 0 Å². The third-order valence-corrected chi connectivity index (χ3v) is 3.68. The lowest BCUT2D eigenvalue weighted by molar-refractivity contribution is -0.124. The minimum atomic E-state index is -1.83. The molecule has 0 aromatic heterocycles. The summed E-state index contributed by atoms with van der Waals surface area (Å²) in [5.41, 5.74) is 0.679. The van der Waals surface area contributed by atoms with Crippen molar-refractivity contribution in [3.8, 4) is 0 Å². The van der Waals surface area contributed by atoms with Crippen molar-refractivity contribution in [2.24, 2.45) is 5.92 Å². The Morgan fingerprint density at radius 1 is 1.12 bits per heavy atom. The summed E-state index contributed by atoms with van der Waals surface area (Å²) in [5, 5.41) is 17.0. The van der Waals surface area contributed by atoms with Crippen LogP contribution in [0.3, 0.4) is 0 Å². The van der Waals surface area contributed by atoms with E-state index < -0.39 is 15.9 Å². The van der Waals surface area contributed by atoms with Gasteiger partial charge in [0.25, 0.3) is 0 Å². The van der Waals surface area contributed by atoms with E-state index in [4.69, 9.17) is 52.1 Å². The first-order valence-electron chi connectivity index (χ1n) is 6.78. The van der Waals surface area contributed by atoms with Gasteiger partial charge in [0.2, 0.25) is 9.70 Å². The fourth-order valence-corrected chi connectivity index (χ4v) is 2.07. The van der Waals surface area contributed by atoms with Crippen LogP contribution in [-0.2, 0) is 4.79 Å². The minimum Gasteiger partial charge on any atom is -0.478 e. The number of halogens is 3. The Kier molecular flexibility index (Phi) is 7.54. The predicted octanol–water partition coefficient (Wildman–Crippen LogP) is 3.14. The molecule has 1 atom stereocenters. The van der Waals surface area contributed by atoms with Gasteiger partial charge in [-0.05, 0) is 36.5 Å². The summed E-state index contributed by atoms with van der Waals surface area (Å²) >= 11 is 22.7. The molecule has 0 aliphatic heterocycles. The Labute approximate surface area is 159 Å². The van der Waals surface area contributed by atoms with Gasteiger partial charge < -0.3 is 21.1 Å². The van der Waals surface area contributed by atoms with Crippen LogP contribution in [0.25, 0.3) is 0 Å². The second-order valence-electron chi connectivity index (χ2n) is 5.12. The van der Waals surface area contributed by atoms with Gasteiger partial charge in [-0.3, -0.25) is 4.79 Å². The number of alkyl halides is 3. The molecule has 0 aliphatic carbocycles. The molecule has 0 saturated heterocycles. The van der Waals surface area contributed by atoms with Crippen molar-refractivity contribution in [1.29, 1.82) is 0 Å². The highest BCUT2D eigenvalue weighted by molar-refractivity contribution is 7.80. The van der Waals surface area contributed by atoms with Crippen molar-refractivity contribution in [1.82, 2.24) is 10.6 Å². The van der Waals surface area contributed by atoms with Crippen LogP contribution in [0.5, 0.6) is 0 Å². The number of carbonyl (C=O) groups excluding carboxylic acids is 1. The molecule has 0 heterocycles. The molecule has 1 rings (SSSR count). The summed E-state index contributed by atoms with van der Waals surface area (Å²) in [4.78, 5) is 22.6. The zero-order chi connectivity index (χ0) is 18.5. The number of aromatic carboxylic acids is 1. The number of carboxylic acids is 1. The Morgan fingerprint density at radius 2 is 1.67 bits per heavy atom. The number of amides is 1. The second kappa shape index (κ2) is 8.71. The number of carboxylic acid groups (broad SMARTS) is 1. The van der Waals surface area contributed by atoms with E-state index in [0.29, 0.717) is 5.69 Å². The van der Waals surface area contributed by atoms with Gasteiger partial charge in [-0.1, -0.05) is 48.7 Å². The SMILES string of the molecule is CC(C)C(=O)N[C@H](NC(=S)Nc1ccc(C(=O)O)cc1)C(Cl)(Cl)Cl. The van der Waals surface area contributed by atoms with Crippen LogP contribution in [0, 0.1) is 5.92 Å². The van der Waals surface area contributed by atoms with E-state index in [2.05, 4.69) is 16.0 Å². The molecule has 24 heavy (non-hydrogen) atoms. The van der Waals surface area contributed by atoms with E-state index in [1.165, 1.54) is 24.3 Å². The first-order valence-corrected chi connectivity index (χ1v) is 8.33. The molecular weight excluding hydrogens is 397 g/mol. The first-order chi connectivity index (χ1) is 11.0. The normalized spacial score (nSPS) is 12.4. The van der Waals surface area contributed by atoms with Gasteiger partial charge in [0.15, 0.2) is 5.11 Å². The number of rotatable bonds is 5. The van der Waals surface area contributed by atoms with Gasteiger partial charge in [0.1, 0.15) is 6.17 Å². The molecule has 0 aliphatic rings. The van der Waals surface area contributed by atoms with Crippen molar-refractivity contribution in [3.05, 3.63) is 29.8 Å². The molecule has 132 valence electrons. The minimum absolute atomic E-state index is 0.0958.